The Bertz CT molecular complexity index is 1360. The zero-order valence-electron chi connectivity index (χ0n) is 28.4. The van der Waals surface area contributed by atoms with Crippen LogP contribution >= 0.6 is 0 Å². The van der Waals surface area contributed by atoms with Gasteiger partial charge in [0.1, 0.15) is 0 Å². The van der Waals surface area contributed by atoms with Gasteiger partial charge in [0, 0.05) is 81.0 Å². The first kappa shape index (κ1) is 33.6. The van der Waals surface area contributed by atoms with Crippen LogP contribution in [0.1, 0.15) is 83.3 Å². The quantitative estimate of drug-likeness (QED) is 0.343. The first-order chi connectivity index (χ1) is 21.7. The molecule has 45 heavy (non-hydrogen) atoms. The van der Waals surface area contributed by atoms with E-state index in [1.165, 1.54) is 24.1 Å². The van der Waals surface area contributed by atoms with Gasteiger partial charge in [0.05, 0.1) is 19.8 Å². The number of methoxy groups -OCH3 is 1. The Balaban J connectivity index is 1.38. The van der Waals surface area contributed by atoms with E-state index in [2.05, 4.69) is 58.0 Å². The molecule has 5 rings (SSSR count). The number of hydrogen-bond donors (Lipinski definition) is 2. The zero-order valence-corrected chi connectivity index (χ0v) is 28.4. The number of H-pyrrole nitrogens is 1. The van der Waals surface area contributed by atoms with Crippen LogP contribution in [0.3, 0.4) is 0 Å². The number of pyridine rings is 1. The molecule has 2 heterocycles. The van der Waals surface area contributed by atoms with E-state index in [-0.39, 0.29) is 18.0 Å². The summed E-state index contributed by atoms with van der Waals surface area (Å²) in [5.41, 5.74) is 6.41. The molecule has 2 unspecified atom stereocenters. The standard InChI is InChI=1S/C36H55N5O4/c1-7-41(30-10-8-29(9-11-30)39(5)12-15-44-6)34-21-27(32-20-28(32)23-40-13-16-45-17-14-40)19-31(26(34)4)35(42)37-22-33-24(2)18-25(3)38-36(33)43/h18-19,21,28-30,32H,7-17,20,22-23H2,1-6H3,(H,37,42)(H,38,43). The van der Waals surface area contributed by atoms with Crippen LogP contribution in [-0.2, 0) is 16.0 Å². The normalized spacial score (nSPS) is 23.7. The monoisotopic (exact) mass is 621 g/mol. The van der Waals surface area contributed by atoms with Crippen molar-refractivity contribution in [1.82, 2.24) is 20.1 Å². The van der Waals surface area contributed by atoms with Crippen LogP contribution in [0.15, 0.2) is 23.0 Å². The minimum atomic E-state index is -0.136. The third kappa shape index (κ3) is 8.17. The van der Waals surface area contributed by atoms with E-state index in [1.807, 2.05) is 19.9 Å². The summed E-state index contributed by atoms with van der Waals surface area (Å²) in [5.74, 6) is 0.959. The lowest BCUT2D eigenvalue weighted by atomic mass is 9.88. The Morgan fingerprint density at radius 2 is 1.80 bits per heavy atom. The van der Waals surface area contributed by atoms with E-state index in [0.29, 0.717) is 29.5 Å². The van der Waals surface area contributed by atoms with Crippen LogP contribution in [-0.4, -0.2) is 99.5 Å². The van der Waals surface area contributed by atoms with Gasteiger partial charge in [-0.05, 0) is 114 Å². The zero-order chi connectivity index (χ0) is 32.1. The van der Waals surface area contributed by atoms with Crippen molar-refractivity contribution in [2.24, 2.45) is 5.92 Å². The summed E-state index contributed by atoms with van der Waals surface area (Å²) in [7, 11) is 3.99. The number of amides is 1. The molecule has 0 radical (unpaired) electrons. The predicted octanol–water partition coefficient (Wildman–Crippen LogP) is 4.38. The number of anilines is 1. The van der Waals surface area contributed by atoms with Gasteiger partial charge in [-0.1, -0.05) is 0 Å². The molecular formula is C36H55N5O4. The molecule has 0 bridgehead atoms. The van der Waals surface area contributed by atoms with Gasteiger partial charge in [-0.3, -0.25) is 14.5 Å². The first-order valence-electron chi connectivity index (χ1n) is 17.1. The van der Waals surface area contributed by atoms with Gasteiger partial charge >= 0.3 is 0 Å². The molecule has 2 aromatic rings. The number of carbonyl (C=O) groups is 1. The number of aromatic amines is 1. The van der Waals surface area contributed by atoms with Crippen LogP contribution in [0, 0.1) is 26.7 Å². The summed E-state index contributed by atoms with van der Waals surface area (Å²) < 4.78 is 10.9. The van der Waals surface area contributed by atoms with Crippen molar-refractivity contribution in [3.05, 3.63) is 62.1 Å². The van der Waals surface area contributed by atoms with Gasteiger partial charge in [0.2, 0.25) is 0 Å². The van der Waals surface area contributed by atoms with E-state index >= 15 is 0 Å². The highest BCUT2D eigenvalue weighted by molar-refractivity contribution is 5.97. The fourth-order valence-corrected chi connectivity index (χ4v) is 7.66. The topological polar surface area (TPSA) is 90.1 Å². The minimum absolute atomic E-state index is 0.111. The van der Waals surface area contributed by atoms with Crippen molar-refractivity contribution in [2.45, 2.75) is 84.3 Å². The Morgan fingerprint density at radius 3 is 2.47 bits per heavy atom. The molecule has 3 aliphatic rings. The number of hydrogen-bond acceptors (Lipinski definition) is 7. The van der Waals surface area contributed by atoms with Crippen molar-refractivity contribution in [3.8, 4) is 0 Å². The Kier molecular flexibility index (Phi) is 11.4. The third-order valence-corrected chi connectivity index (χ3v) is 10.5. The van der Waals surface area contributed by atoms with Crippen molar-refractivity contribution in [3.63, 3.8) is 0 Å². The molecular weight excluding hydrogens is 566 g/mol. The van der Waals surface area contributed by atoms with Crippen LogP contribution in [0.25, 0.3) is 0 Å². The van der Waals surface area contributed by atoms with E-state index in [0.717, 1.165) is 94.2 Å². The third-order valence-electron chi connectivity index (χ3n) is 10.5. The molecule has 2 aliphatic carbocycles. The van der Waals surface area contributed by atoms with Crippen molar-refractivity contribution < 1.29 is 14.3 Å². The Hall–Kier alpha value is -2.72. The summed E-state index contributed by atoms with van der Waals surface area (Å²) >= 11 is 0. The molecule has 2 saturated carbocycles. The highest BCUT2D eigenvalue weighted by atomic mass is 16.5. The largest absolute Gasteiger partial charge is 0.383 e. The highest BCUT2D eigenvalue weighted by Crippen LogP contribution is 2.49. The maximum absolute atomic E-state index is 13.9. The lowest BCUT2D eigenvalue weighted by Gasteiger charge is -2.41. The molecule has 3 fully saturated rings. The van der Waals surface area contributed by atoms with Crippen molar-refractivity contribution >= 4 is 11.6 Å². The van der Waals surface area contributed by atoms with E-state index in [1.54, 1.807) is 7.11 Å². The number of aryl methyl sites for hydroxylation is 2. The lowest BCUT2D eigenvalue weighted by molar-refractivity contribution is 0.0355. The van der Waals surface area contributed by atoms with E-state index in [9.17, 15) is 9.59 Å². The highest BCUT2D eigenvalue weighted by Gasteiger charge is 2.40. The lowest BCUT2D eigenvalue weighted by Crippen LogP contribution is -2.44. The van der Waals surface area contributed by atoms with E-state index < -0.39 is 0 Å². The maximum Gasteiger partial charge on any atom is 0.253 e. The second kappa shape index (κ2) is 15.2. The summed E-state index contributed by atoms with van der Waals surface area (Å²) in [4.78, 5) is 37.0. The molecule has 1 aromatic heterocycles. The van der Waals surface area contributed by atoms with Gasteiger partial charge in [-0.2, -0.15) is 0 Å². The van der Waals surface area contributed by atoms with Crippen LogP contribution in [0.5, 0.6) is 0 Å². The van der Waals surface area contributed by atoms with Crippen molar-refractivity contribution in [2.75, 3.05) is 71.6 Å². The number of nitrogens with zero attached hydrogens (tertiary/aromatic N) is 3. The predicted molar refractivity (Wildman–Crippen MR) is 181 cm³/mol. The number of aromatic nitrogens is 1. The molecule has 1 amide bonds. The van der Waals surface area contributed by atoms with Gasteiger partial charge in [0.15, 0.2) is 0 Å². The summed E-state index contributed by atoms with van der Waals surface area (Å²) in [5, 5.41) is 3.10. The van der Waals surface area contributed by atoms with Gasteiger partial charge in [-0.25, -0.2) is 0 Å². The molecule has 0 spiro atoms. The fourth-order valence-electron chi connectivity index (χ4n) is 7.66. The Labute approximate surface area is 269 Å². The molecule has 1 aromatic carbocycles. The average molecular weight is 622 g/mol. The minimum Gasteiger partial charge on any atom is -0.383 e. The molecule has 1 aliphatic heterocycles. The first-order valence-corrected chi connectivity index (χ1v) is 17.1. The summed E-state index contributed by atoms with van der Waals surface area (Å²) in [6.45, 7) is 15.7. The second-order valence-corrected chi connectivity index (χ2v) is 13.6. The Morgan fingerprint density at radius 1 is 1.09 bits per heavy atom. The summed E-state index contributed by atoms with van der Waals surface area (Å²) in [6, 6.07) is 7.52. The molecule has 9 heteroatoms. The molecule has 248 valence electrons. The SMILES string of the molecule is CCN(c1cc(C2CC2CN2CCOCC2)cc(C(=O)NCc2c(C)cc(C)[nH]c2=O)c1C)C1CCC(N(C)CCOC)CC1. The van der Waals surface area contributed by atoms with Gasteiger partial charge < -0.3 is 29.6 Å². The smallest absolute Gasteiger partial charge is 0.253 e. The van der Waals surface area contributed by atoms with Gasteiger partial charge in [-0.15, -0.1) is 0 Å². The molecule has 2 atom stereocenters. The van der Waals surface area contributed by atoms with Crippen LogP contribution < -0.4 is 15.8 Å². The van der Waals surface area contributed by atoms with Crippen LogP contribution in [0.2, 0.25) is 0 Å². The van der Waals surface area contributed by atoms with Crippen LogP contribution in [0.4, 0.5) is 5.69 Å². The molecule has 2 N–H and O–H groups in total. The van der Waals surface area contributed by atoms with Crippen molar-refractivity contribution in [1.29, 1.82) is 0 Å². The second-order valence-electron chi connectivity index (χ2n) is 13.6. The summed E-state index contributed by atoms with van der Waals surface area (Å²) in [6.07, 6.45) is 5.77. The number of ether oxygens (including phenoxy) is 2. The van der Waals surface area contributed by atoms with E-state index in [4.69, 9.17) is 9.47 Å². The number of benzene rings is 1. The van der Waals surface area contributed by atoms with Gasteiger partial charge in [0.25, 0.3) is 11.5 Å². The maximum atomic E-state index is 13.9. The molecule has 1 saturated heterocycles. The number of carbonyl (C=O) groups excluding carboxylic acids is 1. The average Bonchev–Trinajstić information content (AvgIpc) is 3.80. The molecule has 9 nitrogen and oxygen atoms in total. The fraction of sp³-hybridized carbons (Fsp3) is 0.667. The number of morpholine rings is 1. The number of likely N-dealkylation sites (N-methyl/N-ethyl adjacent to an activating group) is 1. The number of rotatable bonds is 13. The number of nitrogens with one attached hydrogen (secondary N) is 2.